The molecule has 4 aliphatic carbocycles. The van der Waals surface area contributed by atoms with Crippen LogP contribution in [0, 0.1) is 22.7 Å². The summed E-state index contributed by atoms with van der Waals surface area (Å²) in [6, 6.07) is 2.22. The van der Waals surface area contributed by atoms with Crippen molar-refractivity contribution in [3.8, 4) is 0 Å². The van der Waals surface area contributed by atoms with Crippen molar-refractivity contribution in [3.05, 3.63) is 23.7 Å². The molecule has 5 rings (SSSR count). The van der Waals surface area contributed by atoms with Crippen molar-refractivity contribution in [2.75, 3.05) is 6.61 Å². The van der Waals surface area contributed by atoms with Gasteiger partial charge in [0.2, 0.25) is 0 Å². The van der Waals surface area contributed by atoms with Gasteiger partial charge in [0.1, 0.15) is 5.76 Å². The van der Waals surface area contributed by atoms with E-state index in [0.29, 0.717) is 17.3 Å². The van der Waals surface area contributed by atoms with Crippen molar-refractivity contribution in [1.29, 1.82) is 0 Å². The topological polar surface area (TPSA) is 62.8 Å². The van der Waals surface area contributed by atoms with Crippen molar-refractivity contribution in [2.24, 2.45) is 22.7 Å². The van der Waals surface area contributed by atoms with Gasteiger partial charge in [-0.05, 0) is 92.1 Å². The zero-order valence-electron chi connectivity index (χ0n) is 16.0. The van der Waals surface area contributed by atoms with Crippen molar-refractivity contribution in [2.45, 2.75) is 83.0 Å². The molecule has 0 saturated heterocycles. The Bertz CT molecular complexity index is 696. The molecular formula is C22H32O4. The van der Waals surface area contributed by atoms with E-state index in [1.54, 1.807) is 6.92 Å². The number of furan rings is 1. The number of rotatable bonds is 3. The molecule has 2 spiro atoms. The molecule has 0 radical (unpaired) electrons. The van der Waals surface area contributed by atoms with Crippen LogP contribution in [0.25, 0.3) is 0 Å². The normalized spacial score (nSPS) is 47.8. The van der Waals surface area contributed by atoms with E-state index in [0.717, 1.165) is 19.3 Å². The Balaban J connectivity index is 1.48. The summed E-state index contributed by atoms with van der Waals surface area (Å²) in [6.45, 7) is 4.14. The number of hydrogen-bond acceptors (Lipinski definition) is 4. The molecule has 4 nitrogen and oxygen atoms in total. The van der Waals surface area contributed by atoms with E-state index in [1.807, 2.05) is 6.26 Å². The van der Waals surface area contributed by atoms with Crippen LogP contribution in [-0.4, -0.2) is 28.7 Å². The Hall–Kier alpha value is -0.840. The lowest BCUT2D eigenvalue weighted by molar-refractivity contribution is -0.175. The first-order valence-electron chi connectivity index (χ1n) is 10.5. The SMILES string of the molecule is CC(O)OCC1(O)C2CCC34CCc5occc5C3CCC(C2)(C4)C1C. The third kappa shape index (κ3) is 2.18. The van der Waals surface area contributed by atoms with Crippen LogP contribution in [0.2, 0.25) is 0 Å². The molecule has 4 heteroatoms. The van der Waals surface area contributed by atoms with Gasteiger partial charge in [-0.25, -0.2) is 0 Å². The maximum atomic E-state index is 11.6. The first-order valence-corrected chi connectivity index (χ1v) is 10.5. The van der Waals surface area contributed by atoms with Gasteiger partial charge in [0.25, 0.3) is 0 Å². The summed E-state index contributed by atoms with van der Waals surface area (Å²) in [5, 5.41) is 21.1. The van der Waals surface area contributed by atoms with E-state index in [9.17, 15) is 10.2 Å². The Kier molecular flexibility index (Phi) is 3.71. The highest BCUT2D eigenvalue weighted by Gasteiger charge is 2.66. The zero-order chi connectivity index (χ0) is 18.2. The molecule has 1 heterocycles. The highest BCUT2D eigenvalue weighted by atomic mass is 16.6. The van der Waals surface area contributed by atoms with Gasteiger partial charge in [-0.2, -0.15) is 0 Å². The molecule has 0 amide bonds. The summed E-state index contributed by atoms with van der Waals surface area (Å²) in [7, 11) is 0. The van der Waals surface area contributed by atoms with Gasteiger partial charge in [0, 0.05) is 6.42 Å². The van der Waals surface area contributed by atoms with Crippen LogP contribution in [-0.2, 0) is 11.2 Å². The van der Waals surface area contributed by atoms with Crippen molar-refractivity contribution in [3.63, 3.8) is 0 Å². The van der Waals surface area contributed by atoms with Crippen molar-refractivity contribution >= 4 is 0 Å². The third-order valence-corrected chi connectivity index (χ3v) is 8.95. The van der Waals surface area contributed by atoms with Gasteiger partial charge < -0.3 is 19.4 Å². The average molecular weight is 360 g/mol. The number of fused-ring (bicyclic) bond motifs is 3. The van der Waals surface area contributed by atoms with Gasteiger partial charge in [0.15, 0.2) is 6.29 Å². The van der Waals surface area contributed by atoms with E-state index < -0.39 is 11.9 Å². The molecule has 26 heavy (non-hydrogen) atoms. The number of aryl methyl sites for hydroxylation is 1. The molecular weight excluding hydrogens is 328 g/mol. The van der Waals surface area contributed by atoms with Gasteiger partial charge in [-0.1, -0.05) is 6.92 Å². The van der Waals surface area contributed by atoms with Crippen molar-refractivity contribution in [1.82, 2.24) is 0 Å². The van der Waals surface area contributed by atoms with Crippen LogP contribution in [0.5, 0.6) is 0 Å². The van der Waals surface area contributed by atoms with Gasteiger partial charge >= 0.3 is 0 Å². The van der Waals surface area contributed by atoms with Gasteiger partial charge in [0.05, 0.1) is 18.5 Å². The number of hydrogen-bond donors (Lipinski definition) is 2. The van der Waals surface area contributed by atoms with E-state index in [4.69, 9.17) is 9.15 Å². The quantitative estimate of drug-likeness (QED) is 0.800. The Morgan fingerprint density at radius 3 is 2.88 bits per heavy atom. The molecule has 0 aromatic carbocycles. The van der Waals surface area contributed by atoms with Gasteiger partial charge in [-0.3, -0.25) is 0 Å². The lowest BCUT2D eigenvalue weighted by atomic mass is 9.49. The minimum atomic E-state index is -0.814. The van der Waals surface area contributed by atoms with Gasteiger partial charge in [-0.15, -0.1) is 0 Å². The summed E-state index contributed by atoms with van der Waals surface area (Å²) in [5.74, 6) is 2.38. The van der Waals surface area contributed by atoms with E-state index in [2.05, 4.69) is 13.0 Å². The fourth-order valence-corrected chi connectivity index (χ4v) is 7.60. The molecule has 4 aliphatic rings. The molecule has 7 atom stereocenters. The summed E-state index contributed by atoms with van der Waals surface area (Å²) < 4.78 is 11.3. The standard InChI is InChI=1S/C22H32O4/c1-14-21-8-4-18-17-6-10-25-19(17)5-9-20(18,12-21)7-3-16(11-21)22(14,24)13-26-15(2)23/h6,10,14-16,18,23-24H,3-5,7-9,11-13H2,1-2H3. The molecule has 1 aromatic heterocycles. The minimum absolute atomic E-state index is 0.225. The first kappa shape index (κ1) is 17.3. The molecule has 3 fully saturated rings. The number of aliphatic hydroxyl groups excluding tert-OH is 1. The van der Waals surface area contributed by atoms with Crippen LogP contribution in [0.1, 0.15) is 76.0 Å². The summed E-state index contributed by atoms with van der Waals surface area (Å²) in [6.07, 6.45) is 10.4. The molecule has 0 aliphatic heterocycles. The predicted octanol–water partition coefficient (Wildman–Crippen LogP) is 4.00. The largest absolute Gasteiger partial charge is 0.469 e. The van der Waals surface area contributed by atoms with Crippen LogP contribution in [0.4, 0.5) is 0 Å². The molecule has 2 N–H and O–H groups in total. The summed E-state index contributed by atoms with van der Waals surface area (Å²) in [5.41, 5.74) is 1.31. The monoisotopic (exact) mass is 360 g/mol. The second-order valence-electron chi connectivity index (χ2n) is 9.85. The minimum Gasteiger partial charge on any atom is -0.469 e. The summed E-state index contributed by atoms with van der Waals surface area (Å²) in [4.78, 5) is 0. The lowest BCUT2D eigenvalue weighted by Crippen LogP contribution is -2.52. The van der Waals surface area contributed by atoms with Crippen LogP contribution >= 0.6 is 0 Å². The Morgan fingerprint density at radius 1 is 1.27 bits per heavy atom. The predicted molar refractivity (Wildman–Crippen MR) is 97.6 cm³/mol. The summed E-state index contributed by atoms with van der Waals surface area (Å²) >= 11 is 0. The maximum absolute atomic E-state index is 11.6. The zero-order valence-corrected chi connectivity index (χ0v) is 16.0. The van der Waals surface area contributed by atoms with E-state index in [1.165, 1.54) is 43.4 Å². The van der Waals surface area contributed by atoms with Crippen LogP contribution in [0.3, 0.4) is 0 Å². The number of ether oxygens (including phenoxy) is 1. The molecule has 1 aromatic rings. The second kappa shape index (κ2) is 5.59. The van der Waals surface area contributed by atoms with Crippen LogP contribution in [0.15, 0.2) is 16.7 Å². The fourth-order valence-electron chi connectivity index (χ4n) is 7.60. The first-order chi connectivity index (χ1) is 12.4. The molecule has 3 saturated carbocycles. The highest BCUT2D eigenvalue weighted by molar-refractivity contribution is 5.31. The average Bonchev–Trinajstić information content (AvgIpc) is 3.13. The van der Waals surface area contributed by atoms with Crippen LogP contribution < -0.4 is 0 Å². The van der Waals surface area contributed by atoms with E-state index >= 15 is 0 Å². The highest BCUT2D eigenvalue weighted by Crippen LogP contribution is 2.71. The van der Waals surface area contributed by atoms with Crippen molar-refractivity contribution < 1.29 is 19.4 Å². The third-order valence-electron chi connectivity index (χ3n) is 8.95. The van der Waals surface area contributed by atoms with E-state index in [-0.39, 0.29) is 17.9 Å². The lowest BCUT2D eigenvalue weighted by Gasteiger charge is -2.56. The smallest absolute Gasteiger partial charge is 0.151 e. The Morgan fingerprint density at radius 2 is 2.08 bits per heavy atom. The second-order valence-corrected chi connectivity index (χ2v) is 9.85. The fraction of sp³-hybridized carbons (Fsp3) is 0.818. The molecule has 7 unspecified atom stereocenters. The Labute approximate surface area is 155 Å². The molecule has 3 bridgehead atoms. The maximum Gasteiger partial charge on any atom is 0.151 e. The molecule has 144 valence electrons. The number of aliphatic hydroxyl groups is 2.